The van der Waals surface area contributed by atoms with Crippen molar-refractivity contribution in [3.05, 3.63) is 48.0 Å². The Labute approximate surface area is 204 Å². The van der Waals surface area contributed by atoms with Gasteiger partial charge in [0.05, 0.1) is 11.4 Å². The van der Waals surface area contributed by atoms with Crippen molar-refractivity contribution >= 4 is 119 Å². The van der Waals surface area contributed by atoms with Crippen LogP contribution in [-0.4, -0.2) is 5.48 Å². The number of halogens is 4. The summed E-state index contributed by atoms with van der Waals surface area (Å²) >= 11 is 1.85. The Morgan fingerprint density at radius 1 is 0.818 bits per heavy atom. The molecule has 22 heavy (non-hydrogen) atoms. The average Bonchev–Trinajstić information content (AvgIpc) is 2.35. The monoisotopic (exact) mass is 771 g/mol. The number of rotatable bonds is 1. The zero-order chi connectivity index (χ0) is 11.8. The van der Waals surface area contributed by atoms with Crippen LogP contribution in [-0.2, 0) is 0 Å². The van der Waals surface area contributed by atoms with E-state index in [1.54, 1.807) is 0 Å². The van der Waals surface area contributed by atoms with E-state index in [-0.39, 0.29) is 101 Å². The third-order valence-electron chi connectivity index (χ3n) is 3.05. The Bertz CT molecular complexity index is 581. The Hall–Kier alpha value is 1.47. The molecule has 0 bridgehead atoms. The zero-order valence-corrected chi connectivity index (χ0v) is 22.3. The van der Waals surface area contributed by atoms with Crippen molar-refractivity contribution in [2.75, 3.05) is 5.32 Å². The minimum Gasteiger partial charge on any atom is -0.412 e. The highest BCUT2D eigenvalue weighted by atomic mass is 127. The summed E-state index contributed by atoms with van der Waals surface area (Å²) in [5.74, 6) is 0.545. The van der Waals surface area contributed by atoms with E-state index in [4.69, 9.17) is 0 Å². The predicted molar refractivity (Wildman–Crippen MR) is 140 cm³/mol. The molecule has 2 nitrogen and oxygen atoms in total. The van der Waals surface area contributed by atoms with E-state index in [1.807, 2.05) is 11.8 Å². The number of nitrogens with one attached hydrogen (secondary N) is 1. The van der Waals surface area contributed by atoms with Crippen molar-refractivity contribution in [3.63, 3.8) is 0 Å². The van der Waals surface area contributed by atoms with Gasteiger partial charge in [-0.15, -0.1) is 95.9 Å². The average molecular weight is 771 g/mol. The third kappa shape index (κ3) is 6.08. The maximum absolute atomic E-state index is 3.57. The van der Waals surface area contributed by atoms with Crippen LogP contribution in [0.4, 0.5) is 11.4 Å². The molecule has 1 heterocycles. The van der Waals surface area contributed by atoms with Crippen LogP contribution in [0.3, 0.4) is 0 Å². The Morgan fingerprint density at radius 2 is 1.41 bits per heavy atom. The minimum atomic E-state index is 0. The summed E-state index contributed by atoms with van der Waals surface area (Å²) in [7, 11) is 0. The molecule has 3 N–H and O–H groups in total. The van der Waals surface area contributed by atoms with Gasteiger partial charge in [-0.3, -0.25) is 0 Å². The number of benzene rings is 2. The SMILES string of the molecule is CC(C)c1cccc2c1Nc1ccccc1S2.I.I.I.I.O. The van der Waals surface area contributed by atoms with E-state index in [0.29, 0.717) is 5.92 Å². The number of para-hydroxylation sites is 2. The molecule has 7 heteroatoms. The highest BCUT2D eigenvalue weighted by Crippen LogP contribution is 2.46. The fraction of sp³-hybridized carbons (Fsp3) is 0.200. The van der Waals surface area contributed by atoms with Crippen molar-refractivity contribution in [3.8, 4) is 0 Å². The van der Waals surface area contributed by atoms with Gasteiger partial charge in [0.2, 0.25) is 0 Å². The minimum absolute atomic E-state index is 0. The second kappa shape index (κ2) is 12.8. The molecule has 0 fully saturated rings. The molecule has 0 aliphatic carbocycles. The molecule has 1 aliphatic rings. The normalized spacial score (nSPS) is 9.95. The highest BCUT2D eigenvalue weighted by Gasteiger charge is 2.18. The molecule has 0 atom stereocenters. The van der Waals surface area contributed by atoms with Gasteiger partial charge < -0.3 is 10.8 Å². The van der Waals surface area contributed by atoms with Crippen molar-refractivity contribution in [2.45, 2.75) is 29.6 Å². The summed E-state index contributed by atoms with van der Waals surface area (Å²) in [6.07, 6.45) is 0. The number of fused-ring (bicyclic) bond motifs is 2. The van der Waals surface area contributed by atoms with Gasteiger partial charge in [0.25, 0.3) is 0 Å². The standard InChI is InChI=1S/C15H15NS.4HI.H2O/c1-10(2)11-6-5-9-14-15(11)16-12-7-3-4-8-13(12)17-14;;;;;/h3-10,16H,1-2H3;4*1H;1H2. The molecule has 0 radical (unpaired) electrons. The van der Waals surface area contributed by atoms with Crippen LogP contribution in [0, 0.1) is 0 Å². The second-order valence-corrected chi connectivity index (χ2v) is 5.68. The van der Waals surface area contributed by atoms with Crippen LogP contribution < -0.4 is 5.32 Å². The quantitative estimate of drug-likeness (QED) is 0.282. The summed E-state index contributed by atoms with van der Waals surface area (Å²) in [5.41, 5.74) is 3.90. The second-order valence-electron chi connectivity index (χ2n) is 4.60. The summed E-state index contributed by atoms with van der Waals surface area (Å²) in [6.45, 7) is 4.48. The van der Waals surface area contributed by atoms with E-state index < -0.39 is 0 Å². The molecular weight excluding hydrogens is 750 g/mol. The molecule has 0 saturated heterocycles. The maximum Gasteiger partial charge on any atom is 0.0561 e. The van der Waals surface area contributed by atoms with Gasteiger partial charge in [0.1, 0.15) is 0 Å². The van der Waals surface area contributed by atoms with Gasteiger partial charge in [0, 0.05) is 9.79 Å². The molecule has 1 aliphatic heterocycles. The lowest BCUT2D eigenvalue weighted by molar-refractivity contribution is 0.824. The zero-order valence-electron chi connectivity index (χ0n) is 12.2. The van der Waals surface area contributed by atoms with Gasteiger partial charge in [-0.05, 0) is 29.7 Å². The predicted octanol–water partition coefficient (Wildman–Crippen LogP) is 6.67. The van der Waals surface area contributed by atoms with E-state index in [1.165, 1.54) is 26.7 Å². The largest absolute Gasteiger partial charge is 0.412 e. The number of hydrogen-bond donors (Lipinski definition) is 1. The molecule has 3 rings (SSSR count). The molecule has 126 valence electrons. The smallest absolute Gasteiger partial charge is 0.0561 e. The molecule has 2 aromatic carbocycles. The van der Waals surface area contributed by atoms with Crippen LogP contribution in [0.1, 0.15) is 25.3 Å². The fourth-order valence-electron chi connectivity index (χ4n) is 2.16. The first-order valence-electron chi connectivity index (χ1n) is 5.92. The lowest BCUT2D eigenvalue weighted by Crippen LogP contribution is -2.04. The van der Waals surface area contributed by atoms with Gasteiger partial charge in [-0.25, -0.2) is 0 Å². The van der Waals surface area contributed by atoms with Crippen LogP contribution in [0.15, 0.2) is 52.3 Å². The summed E-state index contributed by atoms with van der Waals surface area (Å²) in [6, 6.07) is 15.0. The van der Waals surface area contributed by atoms with Gasteiger partial charge in [0.15, 0.2) is 0 Å². The van der Waals surface area contributed by atoms with E-state index in [0.717, 1.165) is 0 Å². The molecular formula is C15H21I4NOS. The fourth-order valence-corrected chi connectivity index (χ4v) is 3.19. The third-order valence-corrected chi connectivity index (χ3v) is 4.18. The van der Waals surface area contributed by atoms with Crippen LogP contribution in [0.25, 0.3) is 0 Å². The van der Waals surface area contributed by atoms with E-state index in [2.05, 4.69) is 61.6 Å². The first-order valence-corrected chi connectivity index (χ1v) is 6.74. The van der Waals surface area contributed by atoms with Crippen molar-refractivity contribution < 1.29 is 5.48 Å². The Kier molecular flexibility index (Phi) is 16.4. The Balaban J connectivity index is -0.000000722. The molecule has 2 aromatic rings. The molecule has 0 amide bonds. The summed E-state index contributed by atoms with van der Waals surface area (Å²) in [5, 5.41) is 3.57. The van der Waals surface area contributed by atoms with E-state index in [9.17, 15) is 0 Å². The van der Waals surface area contributed by atoms with Gasteiger partial charge in [-0.1, -0.05) is 49.9 Å². The van der Waals surface area contributed by atoms with Gasteiger partial charge >= 0.3 is 0 Å². The van der Waals surface area contributed by atoms with Crippen molar-refractivity contribution in [1.82, 2.24) is 0 Å². The van der Waals surface area contributed by atoms with Crippen LogP contribution in [0.2, 0.25) is 0 Å². The first kappa shape index (κ1) is 28.3. The van der Waals surface area contributed by atoms with E-state index >= 15 is 0 Å². The number of anilines is 2. The molecule has 0 unspecified atom stereocenters. The molecule has 0 spiro atoms. The van der Waals surface area contributed by atoms with Crippen molar-refractivity contribution in [2.24, 2.45) is 0 Å². The summed E-state index contributed by atoms with van der Waals surface area (Å²) in [4.78, 5) is 2.64. The van der Waals surface area contributed by atoms with Crippen LogP contribution in [0.5, 0.6) is 0 Å². The Morgan fingerprint density at radius 3 is 2.05 bits per heavy atom. The molecule has 0 aromatic heterocycles. The van der Waals surface area contributed by atoms with Crippen molar-refractivity contribution in [1.29, 1.82) is 0 Å². The maximum atomic E-state index is 3.57. The number of hydrogen-bond acceptors (Lipinski definition) is 2. The molecule has 0 saturated carbocycles. The lowest BCUT2D eigenvalue weighted by atomic mass is 10.0. The van der Waals surface area contributed by atoms with Crippen LogP contribution >= 0.6 is 108 Å². The first-order chi connectivity index (χ1) is 8.25. The summed E-state index contributed by atoms with van der Waals surface area (Å²) < 4.78 is 0. The highest BCUT2D eigenvalue weighted by molar-refractivity contribution is 14.0. The van der Waals surface area contributed by atoms with Gasteiger partial charge in [-0.2, -0.15) is 0 Å². The topological polar surface area (TPSA) is 43.5 Å². The lowest BCUT2D eigenvalue weighted by Gasteiger charge is -2.24.